The molecule has 3 amide bonds. The van der Waals surface area contributed by atoms with Crippen molar-refractivity contribution in [3.63, 3.8) is 0 Å². The highest BCUT2D eigenvalue weighted by Gasteiger charge is 2.25. The molecule has 1 N–H and O–H groups in total. The summed E-state index contributed by atoms with van der Waals surface area (Å²) in [6.07, 6.45) is 0. The number of carbonyl (C=O) groups excluding carboxylic acids is 2. The molecule has 0 atom stereocenters. The van der Waals surface area contributed by atoms with Gasteiger partial charge in [0.05, 0.1) is 6.54 Å². The van der Waals surface area contributed by atoms with E-state index in [2.05, 4.69) is 0 Å². The minimum atomic E-state index is -0.863. The van der Waals surface area contributed by atoms with Gasteiger partial charge in [0.15, 0.2) is 0 Å². The molecule has 1 fully saturated rings. The predicted octanol–water partition coefficient (Wildman–Crippen LogP) is -1.17. The third kappa shape index (κ3) is 4.69. The van der Waals surface area contributed by atoms with E-state index in [4.69, 9.17) is 5.11 Å². The number of likely N-dealkylation sites (N-methyl/N-ethyl adjacent to an activating group) is 2. The van der Waals surface area contributed by atoms with Crippen molar-refractivity contribution in [3.8, 4) is 0 Å². The molecule has 0 radical (unpaired) electrons. The van der Waals surface area contributed by atoms with E-state index >= 15 is 0 Å². The lowest BCUT2D eigenvalue weighted by molar-refractivity contribution is -0.138. The second-order valence-corrected chi connectivity index (χ2v) is 5.08. The fraction of sp³-hybridized carbons (Fsp3) is 0.750. The van der Waals surface area contributed by atoms with Gasteiger partial charge in [0.1, 0.15) is 6.54 Å². The molecule has 20 heavy (non-hydrogen) atoms. The first-order chi connectivity index (χ1) is 9.31. The van der Waals surface area contributed by atoms with Gasteiger partial charge >= 0.3 is 12.0 Å². The first kappa shape index (κ1) is 16.2. The van der Waals surface area contributed by atoms with Crippen LogP contribution in [-0.2, 0) is 9.59 Å². The number of hydrogen-bond donors (Lipinski definition) is 1. The summed E-state index contributed by atoms with van der Waals surface area (Å²) < 4.78 is 0. The molecular weight excluding hydrogens is 264 g/mol. The Labute approximate surface area is 118 Å². The topological polar surface area (TPSA) is 84.4 Å². The molecule has 0 bridgehead atoms. The normalized spacial score (nSPS) is 15.8. The quantitative estimate of drug-likeness (QED) is 0.704. The summed E-state index contributed by atoms with van der Waals surface area (Å²) in [5.41, 5.74) is 0. The van der Waals surface area contributed by atoms with E-state index < -0.39 is 5.97 Å². The predicted molar refractivity (Wildman–Crippen MR) is 72.4 cm³/mol. The highest BCUT2D eigenvalue weighted by atomic mass is 16.4. The monoisotopic (exact) mass is 286 g/mol. The smallest absolute Gasteiger partial charge is 0.320 e. The van der Waals surface area contributed by atoms with E-state index in [-0.39, 0.29) is 25.0 Å². The van der Waals surface area contributed by atoms with Gasteiger partial charge in [-0.3, -0.25) is 14.5 Å². The summed E-state index contributed by atoms with van der Waals surface area (Å²) in [4.78, 5) is 40.5. The van der Waals surface area contributed by atoms with Crippen LogP contribution < -0.4 is 0 Å². The molecule has 0 spiro atoms. The molecule has 0 aromatic heterocycles. The summed E-state index contributed by atoms with van der Waals surface area (Å²) in [5, 5.41) is 8.71. The standard InChI is InChI=1S/C12H22N4O4/c1-13(2)10(17)8-14(3)12(20)16-6-4-15(5-7-16)9-11(18)19/h4-9H2,1-3H3,(H,18,19). The SMILES string of the molecule is CN(C)C(=O)CN(C)C(=O)N1CCN(CC(=O)O)CC1. The molecule has 0 saturated carbocycles. The van der Waals surface area contributed by atoms with Crippen LogP contribution in [0.4, 0.5) is 4.79 Å². The van der Waals surface area contributed by atoms with Gasteiger partial charge in [-0.15, -0.1) is 0 Å². The maximum absolute atomic E-state index is 12.1. The van der Waals surface area contributed by atoms with Crippen molar-refractivity contribution < 1.29 is 19.5 Å². The number of carboxylic acids is 1. The molecule has 114 valence electrons. The molecule has 1 heterocycles. The lowest BCUT2D eigenvalue weighted by atomic mass is 10.3. The number of carboxylic acid groups (broad SMARTS) is 1. The fourth-order valence-corrected chi connectivity index (χ4v) is 1.94. The number of amides is 3. The molecule has 1 saturated heterocycles. The second kappa shape index (κ2) is 7.09. The van der Waals surface area contributed by atoms with Crippen LogP contribution in [0.3, 0.4) is 0 Å². The Bertz CT molecular complexity index is 378. The number of aliphatic carboxylic acids is 1. The van der Waals surface area contributed by atoms with Crippen molar-refractivity contribution in [1.82, 2.24) is 19.6 Å². The first-order valence-electron chi connectivity index (χ1n) is 6.45. The van der Waals surface area contributed by atoms with E-state index in [9.17, 15) is 14.4 Å². The molecule has 8 heteroatoms. The summed E-state index contributed by atoms with van der Waals surface area (Å²) in [6.45, 7) is 2.07. The summed E-state index contributed by atoms with van der Waals surface area (Å²) in [6, 6.07) is -0.199. The van der Waals surface area contributed by atoms with Crippen molar-refractivity contribution in [2.75, 3.05) is 60.4 Å². The Kier molecular flexibility index (Phi) is 5.75. The highest BCUT2D eigenvalue weighted by molar-refractivity contribution is 5.83. The summed E-state index contributed by atoms with van der Waals surface area (Å²) in [5.74, 6) is -0.996. The minimum absolute atomic E-state index is 0.00299. The van der Waals surface area contributed by atoms with Crippen LogP contribution in [0.1, 0.15) is 0 Å². The molecule has 8 nitrogen and oxygen atoms in total. The average Bonchev–Trinajstić information content (AvgIpc) is 2.37. The van der Waals surface area contributed by atoms with Gasteiger partial charge in [0.2, 0.25) is 5.91 Å². The van der Waals surface area contributed by atoms with Crippen LogP contribution >= 0.6 is 0 Å². The Morgan fingerprint density at radius 3 is 2.05 bits per heavy atom. The molecule has 0 aliphatic carbocycles. The van der Waals surface area contributed by atoms with Gasteiger partial charge in [-0.1, -0.05) is 0 Å². The Morgan fingerprint density at radius 1 is 1.05 bits per heavy atom. The fourth-order valence-electron chi connectivity index (χ4n) is 1.94. The molecule has 0 unspecified atom stereocenters. The van der Waals surface area contributed by atoms with Crippen LogP contribution in [0, 0.1) is 0 Å². The van der Waals surface area contributed by atoms with E-state index in [1.54, 1.807) is 30.9 Å². The van der Waals surface area contributed by atoms with Crippen LogP contribution in [0.2, 0.25) is 0 Å². The van der Waals surface area contributed by atoms with Crippen molar-refractivity contribution in [1.29, 1.82) is 0 Å². The third-order valence-corrected chi connectivity index (χ3v) is 3.20. The third-order valence-electron chi connectivity index (χ3n) is 3.20. The van der Waals surface area contributed by atoms with Gasteiger partial charge in [-0.25, -0.2) is 4.79 Å². The van der Waals surface area contributed by atoms with Gasteiger partial charge in [-0.05, 0) is 0 Å². The van der Waals surface area contributed by atoms with E-state index in [0.717, 1.165) is 0 Å². The molecule has 1 aliphatic rings. The van der Waals surface area contributed by atoms with Gasteiger partial charge in [-0.2, -0.15) is 0 Å². The number of urea groups is 1. The van der Waals surface area contributed by atoms with E-state index in [1.807, 2.05) is 0 Å². The van der Waals surface area contributed by atoms with Crippen molar-refractivity contribution in [2.24, 2.45) is 0 Å². The Morgan fingerprint density at radius 2 is 1.60 bits per heavy atom. The largest absolute Gasteiger partial charge is 0.480 e. The maximum Gasteiger partial charge on any atom is 0.320 e. The zero-order valence-corrected chi connectivity index (χ0v) is 12.2. The number of carbonyl (C=O) groups is 3. The van der Waals surface area contributed by atoms with Crippen LogP contribution in [0.25, 0.3) is 0 Å². The zero-order chi connectivity index (χ0) is 15.3. The Hall–Kier alpha value is -1.83. The van der Waals surface area contributed by atoms with Crippen molar-refractivity contribution >= 4 is 17.9 Å². The van der Waals surface area contributed by atoms with E-state index in [0.29, 0.717) is 26.2 Å². The van der Waals surface area contributed by atoms with Crippen LogP contribution in [-0.4, -0.2) is 103 Å². The van der Waals surface area contributed by atoms with Crippen LogP contribution in [0.5, 0.6) is 0 Å². The molecule has 0 aromatic carbocycles. The molecule has 1 aliphatic heterocycles. The van der Waals surface area contributed by atoms with Gasteiger partial charge < -0.3 is 19.8 Å². The van der Waals surface area contributed by atoms with E-state index in [1.165, 1.54) is 9.80 Å². The lowest BCUT2D eigenvalue weighted by Crippen LogP contribution is -2.53. The number of nitrogens with zero attached hydrogens (tertiary/aromatic N) is 4. The van der Waals surface area contributed by atoms with Crippen molar-refractivity contribution in [2.45, 2.75) is 0 Å². The number of rotatable bonds is 4. The zero-order valence-electron chi connectivity index (χ0n) is 12.2. The van der Waals surface area contributed by atoms with Crippen LogP contribution in [0.15, 0.2) is 0 Å². The summed E-state index contributed by atoms with van der Waals surface area (Å²) in [7, 11) is 4.88. The summed E-state index contributed by atoms with van der Waals surface area (Å²) >= 11 is 0. The highest BCUT2D eigenvalue weighted by Crippen LogP contribution is 2.05. The number of hydrogen-bond acceptors (Lipinski definition) is 4. The lowest BCUT2D eigenvalue weighted by Gasteiger charge is -2.35. The second-order valence-electron chi connectivity index (χ2n) is 5.08. The van der Waals surface area contributed by atoms with Gasteiger partial charge in [0, 0.05) is 47.3 Å². The molecule has 1 rings (SSSR count). The first-order valence-corrected chi connectivity index (χ1v) is 6.45. The van der Waals surface area contributed by atoms with Gasteiger partial charge in [0.25, 0.3) is 0 Å². The minimum Gasteiger partial charge on any atom is -0.480 e. The van der Waals surface area contributed by atoms with Crippen molar-refractivity contribution in [3.05, 3.63) is 0 Å². The molecular formula is C12H22N4O4. The maximum atomic E-state index is 12.1. The average molecular weight is 286 g/mol. The number of piperazine rings is 1. The Balaban J connectivity index is 2.42. The molecule has 0 aromatic rings.